The summed E-state index contributed by atoms with van der Waals surface area (Å²) in [5.41, 5.74) is 5.34. The molecule has 1 rings (SSSR count). The van der Waals surface area contributed by atoms with Crippen molar-refractivity contribution in [3.63, 3.8) is 0 Å². The van der Waals surface area contributed by atoms with Crippen molar-refractivity contribution >= 4 is 11.9 Å². The molecule has 1 unspecified atom stereocenters. The van der Waals surface area contributed by atoms with E-state index in [2.05, 4.69) is 0 Å². The van der Waals surface area contributed by atoms with Gasteiger partial charge in [-0.05, 0) is 33.6 Å². The van der Waals surface area contributed by atoms with Gasteiger partial charge < -0.3 is 15.4 Å². The average molecular weight is 256 g/mol. The molecule has 5 heteroatoms. The third-order valence-corrected chi connectivity index (χ3v) is 3.00. The summed E-state index contributed by atoms with van der Waals surface area (Å²) >= 11 is 0. The fraction of sp³-hybridized carbons (Fsp3) is 0.846. The minimum Gasteiger partial charge on any atom is -0.466 e. The minimum atomic E-state index is -0.506. The molecule has 1 fully saturated rings. The Morgan fingerprint density at radius 1 is 1.44 bits per heavy atom. The summed E-state index contributed by atoms with van der Waals surface area (Å²) in [6, 6.07) is 0. The molecule has 2 N–H and O–H groups in total. The van der Waals surface area contributed by atoms with Crippen molar-refractivity contribution in [2.24, 2.45) is 11.7 Å². The van der Waals surface area contributed by atoms with Crippen LogP contribution in [0.2, 0.25) is 0 Å². The SMILES string of the molecule is CCOC(=O)C1CCCN(C(=O)CC(C)(C)N)C1. The second kappa shape index (κ2) is 6.18. The maximum absolute atomic E-state index is 12.0. The summed E-state index contributed by atoms with van der Waals surface area (Å²) < 4.78 is 5.01. The number of piperidine rings is 1. The van der Waals surface area contributed by atoms with Gasteiger partial charge in [0.2, 0.25) is 5.91 Å². The molecular weight excluding hydrogens is 232 g/mol. The highest BCUT2D eigenvalue weighted by Gasteiger charge is 2.30. The lowest BCUT2D eigenvalue weighted by Crippen LogP contribution is -2.46. The van der Waals surface area contributed by atoms with Crippen LogP contribution >= 0.6 is 0 Å². The molecule has 1 aliphatic heterocycles. The Hall–Kier alpha value is -1.10. The first-order valence-electron chi connectivity index (χ1n) is 6.57. The van der Waals surface area contributed by atoms with Gasteiger partial charge in [0, 0.05) is 25.0 Å². The third-order valence-electron chi connectivity index (χ3n) is 3.00. The van der Waals surface area contributed by atoms with E-state index in [4.69, 9.17) is 10.5 Å². The number of nitrogens with two attached hydrogens (primary N) is 1. The lowest BCUT2D eigenvalue weighted by Gasteiger charge is -2.33. The first-order chi connectivity index (χ1) is 8.33. The molecule has 0 aliphatic carbocycles. The zero-order valence-electron chi connectivity index (χ0n) is 11.6. The van der Waals surface area contributed by atoms with E-state index in [0.29, 0.717) is 26.1 Å². The van der Waals surface area contributed by atoms with Crippen molar-refractivity contribution in [1.82, 2.24) is 4.90 Å². The zero-order valence-corrected chi connectivity index (χ0v) is 11.6. The van der Waals surface area contributed by atoms with Gasteiger partial charge in [0.25, 0.3) is 0 Å². The van der Waals surface area contributed by atoms with Crippen LogP contribution in [0.5, 0.6) is 0 Å². The molecule has 18 heavy (non-hydrogen) atoms. The summed E-state index contributed by atoms with van der Waals surface area (Å²) in [4.78, 5) is 25.4. The standard InChI is InChI=1S/C13H24N2O3/c1-4-18-12(17)10-6-5-7-15(9-10)11(16)8-13(2,3)14/h10H,4-9,14H2,1-3H3. The van der Waals surface area contributed by atoms with Crippen molar-refractivity contribution < 1.29 is 14.3 Å². The smallest absolute Gasteiger partial charge is 0.310 e. The van der Waals surface area contributed by atoms with E-state index >= 15 is 0 Å². The van der Waals surface area contributed by atoms with Gasteiger partial charge in [-0.15, -0.1) is 0 Å². The molecule has 1 heterocycles. The number of esters is 1. The maximum Gasteiger partial charge on any atom is 0.310 e. The number of amides is 1. The molecular formula is C13H24N2O3. The van der Waals surface area contributed by atoms with E-state index in [1.165, 1.54) is 0 Å². The molecule has 1 amide bonds. The number of ether oxygens (including phenoxy) is 1. The number of nitrogens with zero attached hydrogens (tertiary/aromatic N) is 1. The third kappa shape index (κ3) is 4.64. The molecule has 0 spiro atoms. The Bertz CT molecular complexity index is 310. The second-order valence-electron chi connectivity index (χ2n) is 5.60. The average Bonchev–Trinajstić information content (AvgIpc) is 2.27. The molecule has 5 nitrogen and oxygen atoms in total. The summed E-state index contributed by atoms with van der Waals surface area (Å²) in [6.45, 7) is 7.02. The molecule has 104 valence electrons. The van der Waals surface area contributed by atoms with Crippen LogP contribution in [0.3, 0.4) is 0 Å². The van der Waals surface area contributed by atoms with Crippen molar-refractivity contribution in [1.29, 1.82) is 0 Å². The van der Waals surface area contributed by atoms with Gasteiger partial charge in [0.15, 0.2) is 0 Å². The number of hydrogen-bond donors (Lipinski definition) is 1. The molecule has 0 aromatic carbocycles. The lowest BCUT2D eigenvalue weighted by molar-refractivity contribution is -0.151. The fourth-order valence-electron chi connectivity index (χ4n) is 2.16. The topological polar surface area (TPSA) is 72.6 Å². The summed E-state index contributed by atoms with van der Waals surface area (Å²) in [5, 5.41) is 0. The van der Waals surface area contributed by atoms with Crippen LogP contribution in [-0.4, -0.2) is 42.0 Å². The summed E-state index contributed by atoms with van der Waals surface area (Å²) in [7, 11) is 0. The number of rotatable bonds is 4. The molecule has 1 aliphatic rings. The zero-order chi connectivity index (χ0) is 13.8. The monoisotopic (exact) mass is 256 g/mol. The quantitative estimate of drug-likeness (QED) is 0.759. The Morgan fingerprint density at radius 2 is 2.11 bits per heavy atom. The van der Waals surface area contributed by atoms with Crippen LogP contribution in [0.15, 0.2) is 0 Å². The van der Waals surface area contributed by atoms with Crippen LogP contribution in [0, 0.1) is 5.92 Å². The van der Waals surface area contributed by atoms with Gasteiger partial charge in [-0.1, -0.05) is 0 Å². The highest BCUT2D eigenvalue weighted by atomic mass is 16.5. The van der Waals surface area contributed by atoms with Crippen LogP contribution in [0.1, 0.15) is 40.0 Å². The van der Waals surface area contributed by atoms with Gasteiger partial charge in [0.1, 0.15) is 0 Å². The van der Waals surface area contributed by atoms with Crippen molar-refractivity contribution in [2.75, 3.05) is 19.7 Å². The summed E-state index contributed by atoms with van der Waals surface area (Å²) in [6.07, 6.45) is 1.96. The van der Waals surface area contributed by atoms with Crippen LogP contribution < -0.4 is 5.73 Å². The lowest BCUT2D eigenvalue weighted by atomic mass is 9.96. The van der Waals surface area contributed by atoms with E-state index < -0.39 is 5.54 Å². The van der Waals surface area contributed by atoms with Gasteiger partial charge in [-0.2, -0.15) is 0 Å². The van der Waals surface area contributed by atoms with E-state index in [1.807, 2.05) is 13.8 Å². The molecule has 1 atom stereocenters. The number of carbonyl (C=O) groups is 2. The van der Waals surface area contributed by atoms with E-state index in [1.54, 1.807) is 11.8 Å². The van der Waals surface area contributed by atoms with Gasteiger partial charge in [-0.3, -0.25) is 9.59 Å². The highest BCUT2D eigenvalue weighted by Crippen LogP contribution is 2.19. The molecule has 0 aromatic rings. The van der Waals surface area contributed by atoms with Crippen molar-refractivity contribution in [2.45, 2.75) is 45.6 Å². The predicted molar refractivity (Wildman–Crippen MR) is 68.8 cm³/mol. The van der Waals surface area contributed by atoms with Crippen LogP contribution in [0.4, 0.5) is 0 Å². The first-order valence-corrected chi connectivity index (χ1v) is 6.57. The predicted octanol–water partition coefficient (Wildman–Crippen LogP) is 0.916. The second-order valence-corrected chi connectivity index (χ2v) is 5.60. The Kier molecular flexibility index (Phi) is 5.14. The largest absolute Gasteiger partial charge is 0.466 e. The Labute approximate surface area is 109 Å². The summed E-state index contributed by atoms with van der Waals surface area (Å²) in [5.74, 6) is -0.345. The van der Waals surface area contributed by atoms with E-state index in [9.17, 15) is 9.59 Å². The van der Waals surface area contributed by atoms with Crippen LogP contribution in [0.25, 0.3) is 0 Å². The van der Waals surface area contributed by atoms with Gasteiger partial charge in [-0.25, -0.2) is 0 Å². The highest BCUT2D eigenvalue weighted by molar-refractivity contribution is 5.79. The molecule has 1 saturated heterocycles. The minimum absolute atomic E-state index is 0.0245. The van der Waals surface area contributed by atoms with Crippen LogP contribution in [-0.2, 0) is 14.3 Å². The number of hydrogen-bond acceptors (Lipinski definition) is 4. The van der Waals surface area contributed by atoms with Crippen molar-refractivity contribution in [3.05, 3.63) is 0 Å². The Balaban J connectivity index is 2.53. The van der Waals surface area contributed by atoms with Gasteiger partial charge in [0.05, 0.1) is 12.5 Å². The van der Waals surface area contributed by atoms with Crippen molar-refractivity contribution in [3.8, 4) is 0 Å². The molecule has 0 aromatic heterocycles. The number of likely N-dealkylation sites (tertiary alicyclic amines) is 1. The van der Waals surface area contributed by atoms with Gasteiger partial charge >= 0.3 is 5.97 Å². The molecule has 0 radical (unpaired) electrons. The number of carbonyl (C=O) groups excluding carboxylic acids is 2. The Morgan fingerprint density at radius 3 is 2.67 bits per heavy atom. The normalized spacial score (nSPS) is 20.7. The molecule has 0 bridgehead atoms. The van der Waals surface area contributed by atoms with E-state index in [0.717, 1.165) is 12.8 Å². The fourth-order valence-corrected chi connectivity index (χ4v) is 2.16. The first kappa shape index (κ1) is 15.0. The van der Waals surface area contributed by atoms with E-state index in [-0.39, 0.29) is 17.8 Å². The maximum atomic E-state index is 12.0. The molecule has 0 saturated carbocycles.